The van der Waals surface area contributed by atoms with Gasteiger partial charge in [0, 0.05) is 13.2 Å². The van der Waals surface area contributed by atoms with Gasteiger partial charge in [0.05, 0.1) is 12.6 Å². The molecule has 1 aromatic rings. The lowest BCUT2D eigenvalue weighted by molar-refractivity contribution is 0.0830. The summed E-state index contributed by atoms with van der Waals surface area (Å²) in [6, 6.07) is 11.5. The average molecular weight is 221 g/mol. The van der Waals surface area contributed by atoms with Crippen molar-refractivity contribution in [2.24, 2.45) is 0 Å². The van der Waals surface area contributed by atoms with Gasteiger partial charge in [-0.15, -0.1) is 0 Å². The molecule has 0 heterocycles. The smallest absolute Gasteiger partial charge is 0.0659 e. The summed E-state index contributed by atoms with van der Waals surface area (Å²) in [6.45, 7) is 5.21. The Labute approximate surface area is 99.2 Å². The molecule has 2 heteroatoms. The molecule has 0 aliphatic heterocycles. The van der Waals surface area contributed by atoms with E-state index >= 15 is 0 Å². The monoisotopic (exact) mass is 221 g/mol. The summed E-state index contributed by atoms with van der Waals surface area (Å²) in [5, 5.41) is 0. The quantitative estimate of drug-likeness (QED) is 0.732. The second kappa shape index (κ2) is 6.66. The van der Waals surface area contributed by atoms with E-state index in [0.29, 0.717) is 12.1 Å². The van der Waals surface area contributed by atoms with Crippen molar-refractivity contribution in [2.75, 3.05) is 20.8 Å². The highest BCUT2D eigenvalue weighted by molar-refractivity contribution is 5.19. The van der Waals surface area contributed by atoms with Crippen molar-refractivity contribution in [3.05, 3.63) is 35.9 Å². The molecule has 0 aliphatic carbocycles. The summed E-state index contributed by atoms with van der Waals surface area (Å²) in [6.07, 6.45) is 1.16. The minimum atomic E-state index is 0.348. The Balaban J connectivity index is 2.82. The van der Waals surface area contributed by atoms with Gasteiger partial charge in [-0.25, -0.2) is 0 Å². The van der Waals surface area contributed by atoms with Crippen LogP contribution in [0.25, 0.3) is 0 Å². The zero-order valence-electron chi connectivity index (χ0n) is 10.8. The molecule has 0 radical (unpaired) electrons. The lowest BCUT2D eigenvalue weighted by Crippen LogP contribution is -2.35. The maximum Gasteiger partial charge on any atom is 0.0659 e. The van der Waals surface area contributed by atoms with E-state index < -0.39 is 0 Å². The normalized spacial score (nSPS) is 15.1. The van der Waals surface area contributed by atoms with Gasteiger partial charge in [0.25, 0.3) is 0 Å². The molecule has 0 spiro atoms. The van der Waals surface area contributed by atoms with Crippen LogP contribution in [0.15, 0.2) is 30.3 Å². The molecular formula is C14H23NO. The van der Waals surface area contributed by atoms with Gasteiger partial charge >= 0.3 is 0 Å². The van der Waals surface area contributed by atoms with Crippen molar-refractivity contribution in [1.82, 2.24) is 4.90 Å². The number of nitrogens with zero attached hydrogens (tertiary/aromatic N) is 1. The predicted molar refractivity (Wildman–Crippen MR) is 68.6 cm³/mol. The Bertz CT molecular complexity index is 286. The van der Waals surface area contributed by atoms with Crippen LogP contribution in [-0.2, 0) is 4.74 Å². The van der Waals surface area contributed by atoms with Crippen LogP contribution in [0.1, 0.15) is 31.9 Å². The lowest BCUT2D eigenvalue weighted by atomic mass is 10.0. The van der Waals surface area contributed by atoms with E-state index in [1.165, 1.54) is 5.56 Å². The Morgan fingerprint density at radius 3 is 2.38 bits per heavy atom. The molecule has 2 nitrogen and oxygen atoms in total. The van der Waals surface area contributed by atoms with Crippen LogP contribution in [-0.4, -0.2) is 31.7 Å². The zero-order chi connectivity index (χ0) is 12.0. The van der Waals surface area contributed by atoms with Gasteiger partial charge in [0.1, 0.15) is 0 Å². The van der Waals surface area contributed by atoms with Crippen LogP contribution in [0.4, 0.5) is 0 Å². The van der Waals surface area contributed by atoms with Crippen LogP contribution in [0.2, 0.25) is 0 Å². The lowest BCUT2D eigenvalue weighted by Gasteiger charge is -2.32. The van der Waals surface area contributed by atoms with Gasteiger partial charge in [-0.2, -0.15) is 0 Å². The summed E-state index contributed by atoms with van der Waals surface area (Å²) < 4.78 is 5.33. The molecule has 1 rings (SSSR count). The molecule has 0 amide bonds. The third-order valence-corrected chi connectivity index (χ3v) is 3.29. The van der Waals surface area contributed by atoms with Crippen LogP contribution >= 0.6 is 0 Å². The zero-order valence-corrected chi connectivity index (χ0v) is 10.8. The van der Waals surface area contributed by atoms with Crippen LogP contribution < -0.4 is 0 Å². The number of hydrogen-bond donors (Lipinski definition) is 0. The van der Waals surface area contributed by atoms with Crippen LogP contribution in [0.5, 0.6) is 0 Å². The highest BCUT2D eigenvalue weighted by Gasteiger charge is 2.20. The van der Waals surface area contributed by atoms with Gasteiger partial charge < -0.3 is 4.74 Å². The third-order valence-electron chi connectivity index (χ3n) is 3.29. The minimum absolute atomic E-state index is 0.348. The fourth-order valence-electron chi connectivity index (χ4n) is 1.88. The molecule has 0 unspecified atom stereocenters. The Morgan fingerprint density at radius 2 is 1.88 bits per heavy atom. The fourth-order valence-corrected chi connectivity index (χ4v) is 1.88. The third kappa shape index (κ3) is 3.32. The van der Waals surface area contributed by atoms with Crippen molar-refractivity contribution in [1.29, 1.82) is 0 Å². The van der Waals surface area contributed by atoms with Crippen LogP contribution in [0, 0.1) is 0 Å². The number of benzene rings is 1. The first-order chi connectivity index (χ1) is 7.70. The first-order valence-electron chi connectivity index (χ1n) is 5.96. The second-order valence-electron chi connectivity index (χ2n) is 4.30. The standard InChI is InChI=1S/C14H23NO/c1-5-12(2)15(3)14(11-16-4)13-9-7-6-8-10-13/h6-10,12,14H,5,11H2,1-4H3/t12-,14-/m0/s1. The van der Waals surface area contributed by atoms with E-state index in [1.54, 1.807) is 7.11 Å². The summed E-state index contributed by atoms with van der Waals surface area (Å²) in [5.41, 5.74) is 1.33. The largest absolute Gasteiger partial charge is 0.383 e. The first kappa shape index (κ1) is 13.2. The molecule has 1 aromatic carbocycles. The molecular weight excluding hydrogens is 198 g/mol. The van der Waals surface area contributed by atoms with Crippen molar-refractivity contribution < 1.29 is 4.74 Å². The van der Waals surface area contributed by atoms with E-state index in [2.05, 4.69) is 56.1 Å². The highest BCUT2D eigenvalue weighted by Crippen LogP contribution is 2.22. The maximum absolute atomic E-state index is 5.33. The summed E-state index contributed by atoms with van der Waals surface area (Å²) in [7, 11) is 3.94. The highest BCUT2D eigenvalue weighted by atomic mass is 16.5. The van der Waals surface area contributed by atoms with Crippen molar-refractivity contribution in [3.8, 4) is 0 Å². The molecule has 0 N–H and O–H groups in total. The molecule has 90 valence electrons. The molecule has 0 fully saturated rings. The first-order valence-corrected chi connectivity index (χ1v) is 5.96. The molecule has 0 saturated carbocycles. The van der Waals surface area contributed by atoms with Crippen molar-refractivity contribution in [3.63, 3.8) is 0 Å². The maximum atomic E-state index is 5.33. The average Bonchev–Trinajstić information content (AvgIpc) is 2.35. The second-order valence-corrected chi connectivity index (χ2v) is 4.30. The van der Waals surface area contributed by atoms with Gasteiger partial charge in [-0.05, 0) is 26.0 Å². The minimum Gasteiger partial charge on any atom is -0.383 e. The number of hydrogen-bond acceptors (Lipinski definition) is 2. The topological polar surface area (TPSA) is 12.5 Å². The number of likely N-dealkylation sites (N-methyl/N-ethyl adjacent to an activating group) is 1. The van der Waals surface area contributed by atoms with E-state index in [1.807, 2.05) is 0 Å². The van der Waals surface area contributed by atoms with Gasteiger partial charge in [-0.3, -0.25) is 4.90 Å². The molecule has 16 heavy (non-hydrogen) atoms. The van der Waals surface area contributed by atoms with Crippen molar-refractivity contribution >= 4 is 0 Å². The van der Waals surface area contributed by atoms with Gasteiger partial charge in [-0.1, -0.05) is 37.3 Å². The van der Waals surface area contributed by atoms with E-state index in [4.69, 9.17) is 4.74 Å². The van der Waals surface area contributed by atoms with Gasteiger partial charge in [0.2, 0.25) is 0 Å². The van der Waals surface area contributed by atoms with Gasteiger partial charge in [0.15, 0.2) is 0 Å². The summed E-state index contributed by atoms with van der Waals surface area (Å²) >= 11 is 0. The number of methoxy groups -OCH3 is 1. The van der Waals surface area contributed by atoms with Crippen molar-refractivity contribution in [2.45, 2.75) is 32.4 Å². The number of ether oxygens (including phenoxy) is 1. The molecule has 0 aromatic heterocycles. The molecule has 0 bridgehead atoms. The summed E-state index contributed by atoms with van der Waals surface area (Å²) in [4.78, 5) is 2.39. The Morgan fingerprint density at radius 1 is 1.25 bits per heavy atom. The fraction of sp³-hybridized carbons (Fsp3) is 0.571. The Hall–Kier alpha value is -0.860. The Kier molecular flexibility index (Phi) is 5.50. The van der Waals surface area contributed by atoms with E-state index in [0.717, 1.165) is 13.0 Å². The molecule has 0 saturated heterocycles. The predicted octanol–water partition coefficient (Wildman–Crippen LogP) is 3.10. The summed E-state index contributed by atoms with van der Waals surface area (Å²) in [5.74, 6) is 0. The van der Waals surface area contributed by atoms with E-state index in [-0.39, 0.29) is 0 Å². The van der Waals surface area contributed by atoms with Crippen LogP contribution in [0.3, 0.4) is 0 Å². The number of rotatable bonds is 6. The SMILES string of the molecule is CC[C@H](C)N(C)[C@@H](COC)c1ccccc1. The molecule has 2 atom stereocenters. The van der Waals surface area contributed by atoms with E-state index in [9.17, 15) is 0 Å². The molecule has 0 aliphatic rings.